The topological polar surface area (TPSA) is 38.3 Å². The standard InChI is InChI=1S/C9H19NO2S/c1-8(2)10-5-4-6-13-7-9(11)12-3/h8,10H,4-7H2,1-3H3. The molecule has 0 saturated carbocycles. The molecule has 0 amide bonds. The van der Waals surface area contributed by atoms with Gasteiger partial charge in [0.15, 0.2) is 0 Å². The maximum absolute atomic E-state index is 10.7. The van der Waals surface area contributed by atoms with Crippen LogP contribution in [0, 0.1) is 0 Å². The largest absolute Gasteiger partial charge is 0.468 e. The number of rotatable bonds is 7. The number of carbonyl (C=O) groups excluding carboxylic acids is 1. The molecule has 0 radical (unpaired) electrons. The number of methoxy groups -OCH3 is 1. The van der Waals surface area contributed by atoms with E-state index in [1.165, 1.54) is 7.11 Å². The van der Waals surface area contributed by atoms with Gasteiger partial charge >= 0.3 is 5.97 Å². The number of thioether (sulfide) groups is 1. The molecule has 3 nitrogen and oxygen atoms in total. The van der Waals surface area contributed by atoms with Crippen molar-refractivity contribution in [1.29, 1.82) is 0 Å². The zero-order valence-electron chi connectivity index (χ0n) is 8.63. The van der Waals surface area contributed by atoms with Crippen LogP contribution in [0.3, 0.4) is 0 Å². The number of carbonyl (C=O) groups is 1. The molecule has 0 aliphatic heterocycles. The van der Waals surface area contributed by atoms with Gasteiger partial charge in [-0.2, -0.15) is 11.8 Å². The van der Waals surface area contributed by atoms with E-state index in [1.54, 1.807) is 11.8 Å². The molecule has 1 N–H and O–H groups in total. The summed E-state index contributed by atoms with van der Waals surface area (Å²) in [6.07, 6.45) is 1.10. The van der Waals surface area contributed by atoms with Crippen molar-refractivity contribution in [3.8, 4) is 0 Å². The van der Waals surface area contributed by atoms with Crippen molar-refractivity contribution in [2.45, 2.75) is 26.3 Å². The maximum atomic E-state index is 10.7. The average Bonchev–Trinajstić information content (AvgIpc) is 2.10. The second-order valence-electron chi connectivity index (χ2n) is 3.09. The normalized spacial score (nSPS) is 10.5. The van der Waals surface area contributed by atoms with E-state index in [4.69, 9.17) is 0 Å². The Morgan fingerprint density at radius 3 is 2.77 bits per heavy atom. The summed E-state index contributed by atoms with van der Waals surface area (Å²) in [5.41, 5.74) is 0. The van der Waals surface area contributed by atoms with Crippen LogP contribution >= 0.6 is 11.8 Å². The summed E-state index contributed by atoms with van der Waals surface area (Å²) in [6, 6.07) is 0.547. The number of nitrogens with one attached hydrogen (secondary N) is 1. The van der Waals surface area contributed by atoms with Crippen LogP contribution in [0.5, 0.6) is 0 Å². The van der Waals surface area contributed by atoms with E-state index >= 15 is 0 Å². The van der Waals surface area contributed by atoms with E-state index < -0.39 is 0 Å². The molecule has 78 valence electrons. The smallest absolute Gasteiger partial charge is 0.315 e. The van der Waals surface area contributed by atoms with Crippen molar-refractivity contribution >= 4 is 17.7 Å². The first kappa shape index (κ1) is 12.8. The Morgan fingerprint density at radius 1 is 1.54 bits per heavy atom. The van der Waals surface area contributed by atoms with Crippen molar-refractivity contribution in [1.82, 2.24) is 5.32 Å². The summed E-state index contributed by atoms with van der Waals surface area (Å²) in [5, 5.41) is 3.32. The summed E-state index contributed by atoms with van der Waals surface area (Å²) in [6.45, 7) is 5.27. The van der Waals surface area contributed by atoms with Crippen molar-refractivity contribution in [3.63, 3.8) is 0 Å². The van der Waals surface area contributed by atoms with Gasteiger partial charge in [0, 0.05) is 6.04 Å². The van der Waals surface area contributed by atoms with E-state index in [-0.39, 0.29) is 5.97 Å². The highest BCUT2D eigenvalue weighted by Crippen LogP contribution is 2.01. The number of hydrogen-bond donors (Lipinski definition) is 1. The Kier molecular flexibility index (Phi) is 8.24. The van der Waals surface area contributed by atoms with Crippen LogP contribution in [0.15, 0.2) is 0 Å². The summed E-state index contributed by atoms with van der Waals surface area (Å²) >= 11 is 1.62. The molecule has 0 fully saturated rings. The first-order chi connectivity index (χ1) is 6.16. The van der Waals surface area contributed by atoms with E-state index in [9.17, 15) is 4.79 Å². The third kappa shape index (κ3) is 9.70. The highest BCUT2D eigenvalue weighted by atomic mass is 32.2. The zero-order valence-corrected chi connectivity index (χ0v) is 9.45. The monoisotopic (exact) mass is 205 g/mol. The third-order valence-corrected chi connectivity index (χ3v) is 2.48. The molecule has 4 heteroatoms. The average molecular weight is 205 g/mol. The predicted molar refractivity (Wildman–Crippen MR) is 57.1 cm³/mol. The molecule has 0 rings (SSSR count). The molecular weight excluding hydrogens is 186 g/mol. The SMILES string of the molecule is COC(=O)CSCCCNC(C)C. The lowest BCUT2D eigenvalue weighted by molar-refractivity contribution is -0.137. The Balaban J connectivity index is 3.04. The first-order valence-electron chi connectivity index (χ1n) is 4.54. The lowest BCUT2D eigenvalue weighted by Crippen LogP contribution is -2.24. The molecule has 0 spiro atoms. The summed E-state index contributed by atoms with van der Waals surface area (Å²) in [5.74, 6) is 1.34. The Morgan fingerprint density at radius 2 is 2.23 bits per heavy atom. The van der Waals surface area contributed by atoms with Gasteiger partial charge in [0.2, 0.25) is 0 Å². The quantitative estimate of drug-likeness (QED) is 0.502. The van der Waals surface area contributed by atoms with Crippen molar-refractivity contribution in [2.75, 3.05) is 25.2 Å². The Labute approximate surface area is 84.6 Å². The summed E-state index contributed by atoms with van der Waals surface area (Å²) in [4.78, 5) is 10.7. The van der Waals surface area contributed by atoms with Crippen molar-refractivity contribution in [2.24, 2.45) is 0 Å². The van der Waals surface area contributed by atoms with Crippen LogP contribution in [0.4, 0.5) is 0 Å². The molecule has 0 aromatic rings. The molecule has 0 heterocycles. The lowest BCUT2D eigenvalue weighted by Gasteiger charge is -2.06. The number of ether oxygens (including phenoxy) is 1. The van der Waals surface area contributed by atoms with Gasteiger partial charge in [-0.25, -0.2) is 0 Å². The van der Waals surface area contributed by atoms with Crippen LogP contribution in [0.25, 0.3) is 0 Å². The molecule has 0 bridgehead atoms. The van der Waals surface area contributed by atoms with Gasteiger partial charge in [0.25, 0.3) is 0 Å². The summed E-state index contributed by atoms with van der Waals surface area (Å²) < 4.78 is 4.52. The van der Waals surface area contributed by atoms with E-state index in [0.29, 0.717) is 11.8 Å². The van der Waals surface area contributed by atoms with Crippen LogP contribution < -0.4 is 5.32 Å². The minimum atomic E-state index is -0.137. The Bertz CT molecular complexity index is 140. The highest BCUT2D eigenvalue weighted by molar-refractivity contribution is 7.99. The maximum Gasteiger partial charge on any atom is 0.315 e. The minimum absolute atomic E-state index is 0.137. The van der Waals surface area contributed by atoms with Crippen LogP contribution in [0.2, 0.25) is 0 Å². The highest BCUT2D eigenvalue weighted by Gasteiger charge is 1.99. The fourth-order valence-electron chi connectivity index (χ4n) is 0.779. The van der Waals surface area contributed by atoms with Gasteiger partial charge in [-0.15, -0.1) is 0 Å². The molecule has 13 heavy (non-hydrogen) atoms. The van der Waals surface area contributed by atoms with Gasteiger partial charge in [0.1, 0.15) is 0 Å². The van der Waals surface area contributed by atoms with Crippen molar-refractivity contribution in [3.05, 3.63) is 0 Å². The lowest BCUT2D eigenvalue weighted by atomic mass is 10.4. The van der Waals surface area contributed by atoms with Crippen LogP contribution in [0.1, 0.15) is 20.3 Å². The molecule has 0 saturated heterocycles. The van der Waals surface area contributed by atoms with Gasteiger partial charge < -0.3 is 10.1 Å². The molecule has 0 aromatic carbocycles. The first-order valence-corrected chi connectivity index (χ1v) is 5.70. The Hall–Kier alpha value is -0.220. The number of esters is 1. The predicted octanol–water partition coefficient (Wildman–Crippen LogP) is 1.28. The van der Waals surface area contributed by atoms with Gasteiger partial charge in [-0.3, -0.25) is 4.79 Å². The second kappa shape index (κ2) is 8.38. The van der Waals surface area contributed by atoms with E-state index in [1.807, 2.05) is 0 Å². The fraction of sp³-hybridized carbons (Fsp3) is 0.889. The summed E-state index contributed by atoms with van der Waals surface area (Å²) in [7, 11) is 1.42. The zero-order chi connectivity index (χ0) is 10.1. The second-order valence-corrected chi connectivity index (χ2v) is 4.20. The molecule has 0 aromatic heterocycles. The van der Waals surface area contributed by atoms with Crippen LogP contribution in [-0.2, 0) is 9.53 Å². The third-order valence-electron chi connectivity index (χ3n) is 1.47. The molecule has 0 aliphatic carbocycles. The molecule has 0 aliphatic rings. The number of hydrogen-bond acceptors (Lipinski definition) is 4. The van der Waals surface area contributed by atoms with Gasteiger partial charge in [-0.05, 0) is 18.7 Å². The van der Waals surface area contributed by atoms with Gasteiger partial charge in [-0.1, -0.05) is 13.8 Å². The molecular formula is C9H19NO2S. The minimum Gasteiger partial charge on any atom is -0.468 e. The fourth-order valence-corrected chi connectivity index (χ4v) is 1.56. The van der Waals surface area contributed by atoms with E-state index in [2.05, 4.69) is 23.9 Å². The molecule has 0 unspecified atom stereocenters. The van der Waals surface area contributed by atoms with Gasteiger partial charge in [0.05, 0.1) is 12.9 Å². The van der Waals surface area contributed by atoms with Crippen molar-refractivity contribution < 1.29 is 9.53 Å². The van der Waals surface area contributed by atoms with E-state index in [0.717, 1.165) is 18.7 Å². The van der Waals surface area contributed by atoms with Crippen LogP contribution in [-0.4, -0.2) is 37.2 Å². The molecule has 0 atom stereocenters.